The molecule has 0 aromatic heterocycles. The van der Waals surface area contributed by atoms with Gasteiger partial charge in [-0.1, -0.05) is 60.2 Å². The smallest absolute Gasteiger partial charge is 0.326 e. The molecule has 1 fully saturated rings. The van der Waals surface area contributed by atoms with Crippen LogP contribution in [-0.2, 0) is 24.7 Å². The summed E-state index contributed by atoms with van der Waals surface area (Å²) in [6, 6.07) is 15.6. The van der Waals surface area contributed by atoms with E-state index in [0.717, 1.165) is 16.0 Å². The molecule has 0 saturated carbocycles. The van der Waals surface area contributed by atoms with Gasteiger partial charge < -0.3 is 15.4 Å². The third-order valence-corrected chi connectivity index (χ3v) is 5.23. The number of esters is 1. The Bertz CT molecular complexity index is 990. The van der Waals surface area contributed by atoms with Crippen molar-refractivity contribution < 1.29 is 23.9 Å². The predicted octanol–water partition coefficient (Wildman–Crippen LogP) is 2.18. The summed E-state index contributed by atoms with van der Waals surface area (Å²) >= 11 is 0. The lowest BCUT2D eigenvalue weighted by Gasteiger charge is -2.22. The molecular formula is C23H25N3O5. The standard InChI is InChI=1S/C23H25N3O5/c1-15-9-11-18(12-10-15)23(3)21(29)26(22(30)25-23)13-20(28)31-14-19(27)24-16(2)17-7-5-4-6-8-17/h4-12,16H,13-14H2,1-3H3,(H,24,27)(H,25,30)/t16-,23+/m1/s1. The monoisotopic (exact) mass is 423 g/mol. The highest BCUT2D eigenvalue weighted by Gasteiger charge is 2.49. The Morgan fingerprint density at radius 1 is 1.10 bits per heavy atom. The zero-order valence-electron chi connectivity index (χ0n) is 17.7. The number of amides is 4. The van der Waals surface area contributed by atoms with Crippen LogP contribution in [0.15, 0.2) is 54.6 Å². The van der Waals surface area contributed by atoms with E-state index in [9.17, 15) is 19.2 Å². The number of imide groups is 1. The largest absolute Gasteiger partial charge is 0.454 e. The molecule has 0 unspecified atom stereocenters. The molecule has 0 bridgehead atoms. The molecule has 162 valence electrons. The molecule has 2 aromatic carbocycles. The van der Waals surface area contributed by atoms with Crippen LogP contribution in [0.2, 0.25) is 0 Å². The van der Waals surface area contributed by atoms with E-state index in [2.05, 4.69) is 10.6 Å². The maximum Gasteiger partial charge on any atom is 0.326 e. The zero-order valence-corrected chi connectivity index (χ0v) is 17.7. The van der Waals surface area contributed by atoms with Gasteiger partial charge >= 0.3 is 12.0 Å². The van der Waals surface area contributed by atoms with Gasteiger partial charge in [-0.15, -0.1) is 0 Å². The summed E-state index contributed by atoms with van der Waals surface area (Å²) in [6.45, 7) is 4.23. The first-order valence-electron chi connectivity index (χ1n) is 9.92. The van der Waals surface area contributed by atoms with Crippen LogP contribution in [0.4, 0.5) is 4.79 Å². The van der Waals surface area contributed by atoms with Crippen molar-refractivity contribution in [1.82, 2.24) is 15.5 Å². The molecule has 1 heterocycles. The van der Waals surface area contributed by atoms with E-state index in [1.807, 2.05) is 56.3 Å². The summed E-state index contributed by atoms with van der Waals surface area (Å²) in [7, 11) is 0. The molecule has 2 N–H and O–H groups in total. The lowest BCUT2D eigenvalue weighted by Crippen LogP contribution is -2.42. The maximum atomic E-state index is 12.9. The van der Waals surface area contributed by atoms with E-state index in [0.29, 0.717) is 5.56 Å². The Morgan fingerprint density at radius 3 is 2.39 bits per heavy atom. The quantitative estimate of drug-likeness (QED) is 0.525. The van der Waals surface area contributed by atoms with Crippen molar-refractivity contribution in [1.29, 1.82) is 0 Å². The molecule has 0 radical (unpaired) electrons. The number of hydrogen-bond acceptors (Lipinski definition) is 5. The van der Waals surface area contributed by atoms with Gasteiger partial charge in [0.2, 0.25) is 0 Å². The molecule has 31 heavy (non-hydrogen) atoms. The van der Waals surface area contributed by atoms with Crippen molar-refractivity contribution in [2.45, 2.75) is 32.4 Å². The van der Waals surface area contributed by atoms with Gasteiger partial charge in [-0.3, -0.25) is 19.3 Å². The van der Waals surface area contributed by atoms with Gasteiger partial charge in [0.25, 0.3) is 11.8 Å². The third kappa shape index (κ3) is 4.91. The summed E-state index contributed by atoms with van der Waals surface area (Å²) in [6.07, 6.45) is 0. The SMILES string of the molecule is Cc1ccc([C@]2(C)NC(=O)N(CC(=O)OCC(=O)N[C@H](C)c3ccccc3)C2=O)cc1. The fourth-order valence-electron chi connectivity index (χ4n) is 3.35. The van der Waals surface area contributed by atoms with Gasteiger partial charge in [0.05, 0.1) is 6.04 Å². The lowest BCUT2D eigenvalue weighted by atomic mass is 9.91. The molecule has 0 spiro atoms. The van der Waals surface area contributed by atoms with Crippen LogP contribution in [0.25, 0.3) is 0 Å². The van der Waals surface area contributed by atoms with E-state index in [1.165, 1.54) is 0 Å². The molecule has 8 nitrogen and oxygen atoms in total. The number of aryl methyl sites for hydroxylation is 1. The van der Waals surface area contributed by atoms with Gasteiger partial charge in [0.1, 0.15) is 12.1 Å². The van der Waals surface area contributed by atoms with E-state index in [4.69, 9.17) is 4.74 Å². The highest BCUT2D eigenvalue weighted by Crippen LogP contribution is 2.28. The summed E-state index contributed by atoms with van der Waals surface area (Å²) in [5.74, 6) is -1.88. The van der Waals surface area contributed by atoms with Crippen LogP contribution in [-0.4, -0.2) is 41.9 Å². The predicted molar refractivity (Wildman–Crippen MR) is 113 cm³/mol. The maximum absolute atomic E-state index is 12.9. The number of rotatable bonds is 7. The van der Waals surface area contributed by atoms with Crippen LogP contribution < -0.4 is 10.6 Å². The van der Waals surface area contributed by atoms with E-state index < -0.39 is 42.5 Å². The summed E-state index contributed by atoms with van der Waals surface area (Å²) < 4.78 is 4.96. The van der Waals surface area contributed by atoms with Gasteiger partial charge in [-0.05, 0) is 31.9 Å². The molecule has 1 aliphatic rings. The third-order valence-electron chi connectivity index (χ3n) is 5.23. The Balaban J connectivity index is 1.54. The molecule has 1 saturated heterocycles. The van der Waals surface area contributed by atoms with Crippen molar-refractivity contribution in [2.24, 2.45) is 0 Å². The number of carbonyl (C=O) groups excluding carboxylic acids is 4. The minimum atomic E-state index is -1.27. The number of nitrogens with one attached hydrogen (secondary N) is 2. The van der Waals surface area contributed by atoms with Crippen molar-refractivity contribution in [3.05, 3.63) is 71.3 Å². The second-order valence-electron chi connectivity index (χ2n) is 7.67. The van der Waals surface area contributed by atoms with Gasteiger partial charge in [0, 0.05) is 0 Å². The first-order chi connectivity index (χ1) is 14.7. The molecule has 2 atom stereocenters. The second kappa shape index (κ2) is 8.99. The summed E-state index contributed by atoms with van der Waals surface area (Å²) in [4.78, 5) is 50.2. The number of ether oxygens (including phenoxy) is 1. The van der Waals surface area contributed by atoms with Crippen LogP contribution >= 0.6 is 0 Å². The minimum absolute atomic E-state index is 0.256. The lowest BCUT2D eigenvalue weighted by molar-refractivity contribution is -0.151. The molecular weight excluding hydrogens is 398 g/mol. The average molecular weight is 423 g/mol. The molecule has 1 aliphatic heterocycles. The summed E-state index contributed by atoms with van der Waals surface area (Å²) in [5, 5.41) is 5.36. The van der Waals surface area contributed by atoms with Crippen LogP contribution in [0.1, 0.15) is 36.6 Å². The van der Waals surface area contributed by atoms with E-state index in [1.54, 1.807) is 19.1 Å². The van der Waals surface area contributed by atoms with E-state index in [-0.39, 0.29) is 6.04 Å². The molecule has 0 aliphatic carbocycles. The number of nitrogens with zero attached hydrogens (tertiary/aromatic N) is 1. The Morgan fingerprint density at radius 2 is 1.74 bits per heavy atom. The number of hydrogen-bond donors (Lipinski definition) is 2. The molecule has 3 rings (SSSR count). The van der Waals surface area contributed by atoms with Crippen LogP contribution in [0.5, 0.6) is 0 Å². The first kappa shape index (κ1) is 22.0. The van der Waals surface area contributed by atoms with E-state index >= 15 is 0 Å². The topological polar surface area (TPSA) is 105 Å². The Hall–Kier alpha value is -3.68. The highest BCUT2D eigenvalue weighted by molar-refractivity contribution is 6.08. The van der Waals surface area contributed by atoms with Crippen molar-refractivity contribution in [3.63, 3.8) is 0 Å². The Labute approximate surface area is 180 Å². The molecule has 4 amide bonds. The number of benzene rings is 2. The van der Waals surface area contributed by atoms with Gasteiger partial charge in [-0.25, -0.2) is 4.79 Å². The summed E-state index contributed by atoms with van der Waals surface area (Å²) in [5.41, 5.74) is 1.27. The number of carbonyl (C=O) groups is 4. The van der Waals surface area contributed by atoms with Crippen LogP contribution in [0, 0.1) is 6.92 Å². The average Bonchev–Trinajstić information content (AvgIpc) is 2.97. The van der Waals surface area contributed by atoms with Gasteiger partial charge in [-0.2, -0.15) is 0 Å². The van der Waals surface area contributed by atoms with Crippen molar-refractivity contribution >= 4 is 23.8 Å². The van der Waals surface area contributed by atoms with Crippen molar-refractivity contribution in [3.8, 4) is 0 Å². The number of urea groups is 1. The first-order valence-corrected chi connectivity index (χ1v) is 9.92. The zero-order chi connectivity index (χ0) is 22.6. The van der Waals surface area contributed by atoms with Crippen molar-refractivity contribution in [2.75, 3.05) is 13.2 Å². The second-order valence-corrected chi connectivity index (χ2v) is 7.67. The van der Waals surface area contributed by atoms with Gasteiger partial charge in [0.15, 0.2) is 6.61 Å². The fraction of sp³-hybridized carbons (Fsp3) is 0.304. The fourth-order valence-corrected chi connectivity index (χ4v) is 3.35. The Kier molecular flexibility index (Phi) is 6.39. The van der Waals surface area contributed by atoms with Crippen LogP contribution in [0.3, 0.4) is 0 Å². The molecule has 2 aromatic rings. The highest BCUT2D eigenvalue weighted by atomic mass is 16.5. The normalized spacial score (nSPS) is 19.0. The minimum Gasteiger partial charge on any atom is -0.454 e. The molecule has 8 heteroatoms.